The van der Waals surface area contributed by atoms with Crippen LogP contribution in [0.4, 0.5) is 5.69 Å². The molecule has 1 N–H and O–H groups in total. The van der Waals surface area contributed by atoms with Gasteiger partial charge in [-0.1, -0.05) is 42.0 Å². The quantitative estimate of drug-likeness (QED) is 0.768. The van der Waals surface area contributed by atoms with Crippen molar-refractivity contribution in [1.29, 1.82) is 0 Å². The van der Waals surface area contributed by atoms with E-state index >= 15 is 0 Å². The molecule has 0 bridgehead atoms. The average molecular weight is 277 g/mol. The van der Waals surface area contributed by atoms with Crippen LogP contribution in [0.1, 0.15) is 24.1 Å². The van der Waals surface area contributed by atoms with Crippen molar-refractivity contribution in [3.8, 4) is 5.69 Å². The predicted molar refractivity (Wildman–Crippen MR) is 86.8 cm³/mol. The summed E-state index contributed by atoms with van der Waals surface area (Å²) in [5, 5.41) is 7.89. The zero-order valence-corrected chi connectivity index (χ0v) is 12.3. The van der Waals surface area contributed by atoms with Crippen LogP contribution in [0.25, 0.3) is 5.69 Å². The number of nitrogens with one attached hydrogen (secondary N) is 1. The van der Waals surface area contributed by atoms with Crippen molar-refractivity contribution in [2.24, 2.45) is 0 Å². The molecular formula is C18H19N3. The van der Waals surface area contributed by atoms with Gasteiger partial charge in [-0.3, -0.25) is 0 Å². The summed E-state index contributed by atoms with van der Waals surface area (Å²) < 4.78 is 1.88. The Morgan fingerprint density at radius 1 is 1.00 bits per heavy atom. The number of nitrogens with zero attached hydrogens (tertiary/aromatic N) is 2. The first-order valence-electron chi connectivity index (χ1n) is 7.16. The van der Waals surface area contributed by atoms with Crippen molar-refractivity contribution in [2.75, 3.05) is 5.32 Å². The summed E-state index contributed by atoms with van der Waals surface area (Å²) in [4.78, 5) is 0. The molecule has 3 nitrogen and oxygen atoms in total. The van der Waals surface area contributed by atoms with E-state index in [0.29, 0.717) is 0 Å². The van der Waals surface area contributed by atoms with Gasteiger partial charge in [-0.25, -0.2) is 4.68 Å². The van der Waals surface area contributed by atoms with Gasteiger partial charge in [0, 0.05) is 18.4 Å². The van der Waals surface area contributed by atoms with Gasteiger partial charge < -0.3 is 5.32 Å². The lowest BCUT2D eigenvalue weighted by Crippen LogP contribution is -2.09. The molecule has 1 atom stereocenters. The van der Waals surface area contributed by atoms with Gasteiger partial charge >= 0.3 is 0 Å². The topological polar surface area (TPSA) is 29.9 Å². The summed E-state index contributed by atoms with van der Waals surface area (Å²) in [6, 6.07) is 19.0. The maximum absolute atomic E-state index is 4.32. The van der Waals surface area contributed by atoms with Gasteiger partial charge in [0.25, 0.3) is 0 Å². The van der Waals surface area contributed by atoms with Crippen LogP contribution in [0, 0.1) is 6.92 Å². The van der Waals surface area contributed by atoms with E-state index in [1.165, 1.54) is 11.1 Å². The SMILES string of the molecule is Cc1ccc(C(C)Nc2ccccc2-n2cccn2)cc1. The fourth-order valence-corrected chi connectivity index (χ4v) is 2.38. The van der Waals surface area contributed by atoms with Gasteiger partial charge in [0.15, 0.2) is 0 Å². The Morgan fingerprint density at radius 2 is 1.76 bits per heavy atom. The van der Waals surface area contributed by atoms with Crippen LogP contribution in [0.3, 0.4) is 0 Å². The first-order valence-corrected chi connectivity index (χ1v) is 7.16. The first-order chi connectivity index (χ1) is 10.2. The molecule has 1 unspecified atom stereocenters. The second kappa shape index (κ2) is 5.83. The molecule has 0 aliphatic rings. The summed E-state index contributed by atoms with van der Waals surface area (Å²) in [5.41, 5.74) is 4.69. The minimum absolute atomic E-state index is 0.238. The number of hydrogen-bond donors (Lipinski definition) is 1. The molecule has 0 aliphatic heterocycles. The Balaban J connectivity index is 1.86. The summed E-state index contributed by atoms with van der Waals surface area (Å²) in [6.07, 6.45) is 3.75. The van der Waals surface area contributed by atoms with Crippen molar-refractivity contribution < 1.29 is 0 Å². The van der Waals surface area contributed by atoms with Crippen molar-refractivity contribution in [1.82, 2.24) is 9.78 Å². The fraction of sp³-hybridized carbons (Fsp3) is 0.167. The lowest BCUT2D eigenvalue weighted by Gasteiger charge is -2.18. The molecular weight excluding hydrogens is 258 g/mol. The summed E-state index contributed by atoms with van der Waals surface area (Å²) >= 11 is 0. The highest BCUT2D eigenvalue weighted by Gasteiger charge is 2.09. The second-order valence-electron chi connectivity index (χ2n) is 5.24. The highest BCUT2D eigenvalue weighted by molar-refractivity contribution is 5.61. The summed E-state index contributed by atoms with van der Waals surface area (Å²) in [7, 11) is 0. The van der Waals surface area contributed by atoms with E-state index in [-0.39, 0.29) is 6.04 Å². The van der Waals surface area contributed by atoms with E-state index in [9.17, 15) is 0 Å². The normalized spacial score (nSPS) is 12.1. The molecule has 1 aromatic heterocycles. The van der Waals surface area contributed by atoms with E-state index in [4.69, 9.17) is 0 Å². The number of para-hydroxylation sites is 2. The van der Waals surface area contributed by atoms with E-state index in [1.807, 2.05) is 29.1 Å². The third kappa shape index (κ3) is 2.97. The Hall–Kier alpha value is -2.55. The standard InChI is InChI=1S/C18H19N3/c1-14-8-10-16(11-9-14)15(2)20-17-6-3-4-7-18(17)21-13-5-12-19-21/h3-13,15,20H,1-2H3. The molecule has 21 heavy (non-hydrogen) atoms. The van der Waals surface area contributed by atoms with E-state index in [0.717, 1.165) is 11.4 Å². The van der Waals surface area contributed by atoms with Gasteiger partial charge in [0.2, 0.25) is 0 Å². The monoisotopic (exact) mass is 277 g/mol. The first kappa shape index (κ1) is 13.4. The fourth-order valence-electron chi connectivity index (χ4n) is 2.38. The number of benzene rings is 2. The van der Waals surface area contributed by atoms with Crippen molar-refractivity contribution in [3.63, 3.8) is 0 Å². The summed E-state index contributed by atoms with van der Waals surface area (Å²) in [6.45, 7) is 4.28. The van der Waals surface area contributed by atoms with Gasteiger partial charge in [-0.15, -0.1) is 0 Å². The van der Waals surface area contributed by atoms with Gasteiger partial charge in [0.1, 0.15) is 0 Å². The lowest BCUT2D eigenvalue weighted by atomic mass is 10.1. The number of rotatable bonds is 4. The molecule has 3 rings (SSSR count). The molecule has 106 valence electrons. The van der Waals surface area contributed by atoms with E-state index in [1.54, 1.807) is 6.20 Å². The Kier molecular flexibility index (Phi) is 3.73. The average Bonchev–Trinajstić information content (AvgIpc) is 3.02. The molecule has 0 radical (unpaired) electrons. The molecule has 0 saturated carbocycles. The Bertz CT molecular complexity index is 700. The minimum atomic E-state index is 0.238. The highest BCUT2D eigenvalue weighted by Crippen LogP contribution is 2.24. The van der Waals surface area contributed by atoms with E-state index < -0.39 is 0 Å². The second-order valence-corrected chi connectivity index (χ2v) is 5.24. The molecule has 0 fully saturated rings. The maximum atomic E-state index is 4.32. The number of aromatic nitrogens is 2. The molecule has 0 aliphatic carbocycles. The van der Waals surface area contributed by atoms with Crippen LogP contribution >= 0.6 is 0 Å². The van der Waals surface area contributed by atoms with Crippen molar-refractivity contribution >= 4 is 5.69 Å². The summed E-state index contributed by atoms with van der Waals surface area (Å²) in [5.74, 6) is 0. The van der Waals surface area contributed by atoms with Crippen LogP contribution in [0.2, 0.25) is 0 Å². The molecule has 0 amide bonds. The largest absolute Gasteiger partial charge is 0.377 e. The van der Waals surface area contributed by atoms with Crippen LogP contribution in [0.15, 0.2) is 67.0 Å². The van der Waals surface area contributed by atoms with Gasteiger partial charge in [0.05, 0.1) is 11.4 Å². The maximum Gasteiger partial charge on any atom is 0.0876 e. The van der Waals surface area contributed by atoms with Crippen LogP contribution in [-0.4, -0.2) is 9.78 Å². The van der Waals surface area contributed by atoms with Gasteiger partial charge in [-0.2, -0.15) is 5.10 Å². The Labute approximate surface area is 125 Å². The Morgan fingerprint density at radius 3 is 2.48 bits per heavy atom. The smallest absolute Gasteiger partial charge is 0.0876 e. The van der Waals surface area contributed by atoms with E-state index in [2.05, 4.69) is 60.7 Å². The van der Waals surface area contributed by atoms with Crippen molar-refractivity contribution in [3.05, 3.63) is 78.1 Å². The van der Waals surface area contributed by atoms with Crippen LogP contribution in [-0.2, 0) is 0 Å². The van der Waals surface area contributed by atoms with Crippen LogP contribution < -0.4 is 5.32 Å². The molecule has 0 spiro atoms. The highest BCUT2D eigenvalue weighted by atomic mass is 15.3. The minimum Gasteiger partial charge on any atom is -0.377 e. The third-order valence-corrected chi connectivity index (χ3v) is 3.60. The lowest BCUT2D eigenvalue weighted by molar-refractivity contribution is 0.853. The van der Waals surface area contributed by atoms with Crippen LogP contribution in [0.5, 0.6) is 0 Å². The van der Waals surface area contributed by atoms with Crippen molar-refractivity contribution in [2.45, 2.75) is 19.9 Å². The molecule has 3 heteroatoms. The van der Waals surface area contributed by atoms with Gasteiger partial charge in [-0.05, 0) is 37.6 Å². The zero-order chi connectivity index (χ0) is 14.7. The third-order valence-electron chi connectivity index (χ3n) is 3.60. The molecule has 2 aromatic carbocycles. The number of aryl methyl sites for hydroxylation is 1. The molecule has 3 aromatic rings. The molecule has 1 heterocycles. The predicted octanol–water partition coefficient (Wildman–Crippen LogP) is 4.35. The zero-order valence-electron chi connectivity index (χ0n) is 12.3. The number of anilines is 1. The molecule has 0 saturated heterocycles. The number of hydrogen-bond acceptors (Lipinski definition) is 2.